The molecule has 0 spiro atoms. The minimum absolute atomic E-state index is 0.0953. The minimum Gasteiger partial charge on any atom is -0.459 e. The molecule has 0 amide bonds. The smallest absolute Gasteiger partial charge is 0.323 e. The molecule has 0 saturated carbocycles. The Bertz CT molecular complexity index is 482. The minimum atomic E-state index is -0.418. The van der Waals surface area contributed by atoms with Crippen LogP contribution < -0.4 is 0 Å². The summed E-state index contributed by atoms with van der Waals surface area (Å²) in [6.45, 7) is 7.48. The van der Waals surface area contributed by atoms with Crippen LogP contribution in [-0.2, 0) is 16.1 Å². The normalized spacial score (nSPS) is 20.1. The fourth-order valence-corrected chi connectivity index (χ4v) is 2.91. The summed E-state index contributed by atoms with van der Waals surface area (Å²) in [6, 6.07) is 8.05. The summed E-state index contributed by atoms with van der Waals surface area (Å²) < 4.78 is 6.62. The van der Waals surface area contributed by atoms with Gasteiger partial charge in [0.15, 0.2) is 0 Å². The van der Waals surface area contributed by atoms with Gasteiger partial charge in [-0.15, -0.1) is 0 Å². The molecule has 1 saturated heterocycles. The van der Waals surface area contributed by atoms with Gasteiger partial charge in [0, 0.05) is 11.0 Å². The fraction of sp³-hybridized carbons (Fsp3) is 0.562. The third-order valence-corrected chi connectivity index (χ3v) is 4.15. The Kier molecular flexibility index (Phi) is 4.86. The van der Waals surface area contributed by atoms with Crippen LogP contribution in [-0.4, -0.2) is 29.1 Å². The predicted molar refractivity (Wildman–Crippen MR) is 83.4 cm³/mol. The Labute approximate surface area is 129 Å². The molecule has 1 aromatic rings. The predicted octanol–water partition coefficient (Wildman–Crippen LogP) is 3.76. The van der Waals surface area contributed by atoms with E-state index in [0.717, 1.165) is 30.4 Å². The van der Waals surface area contributed by atoms with Gasteiger partial charge < -0.3 is 4.74 Å². The first kappa shape index (κ1) is 15.5. The van der Waals surface area contributed by atoms with E-state index < -0.39 is 5.60 Å². The molecule has 1 aromatic carbocycles. The Morgan fingerprint density at radius 3 is 2.75 bits per heavy atom. The van der Waals surface area contributed by atoms with Gasteiger partial charge in [-0.3, -0.25) is 9.69 Å². The van der Waals surface area contributed by atoms with Crippen LogP contribution in [0.2, 0.25) is 0 Å². The van der Waals surface area contributed by atoms with Crippen molar-refractivity contribution in [3.8, 4) is 0 Å². The number of esters is 1. The molecule has 0 bridgehead atoms. The molecule has 2 rings (SSSR count). The summed E-state index contributed by atoms with van der Waals surface area (Å²) in [6.07, 6.45) is 1.94. The number of ether oxygens (including phenoxy) is 1. The van der Waals surface area contributed by atoms with E-state index in [1.807, 2.05) is 39.0 Å². The molecule has 20 heavy (non-hydrogen) atoms. The molecule has 0 aromatic heterocycles. The first-order valence-electron chi connectivity index (χ1n) is 7.07. The quantitative estimate of drug-likeness (QED) is 0.785. The van der Waals surface area contributed by atoms with E-state index in [1.54, 1.807) is 0 Å². The van der Waals surface area contributed by atoms with Crippen molar-refractivity contribution < 1.29 is 9.53 Å². The highest BCUT2D eigenvalue weighted by Crippen LogP contribution is 2.25. The monoisotopic (exact) mass is 339 g/mol. The SMILES string of the molecule is CC(C)(C)OC(=O)[C@@H]1CCCN1Cc1ccccc1Br. The lowest BCUT2D eigenvalue weighted by atomic mass is 10.1. The molecule has 0 radical (unpaired) electrons. The van der Waals surface area contributed by atoms with Gasteiger partial charge in [-0.1, -0.05) is 34.1 Å². The number of nitrogens with zero attached hydrogens (tertiary/aromatic N) is 1. The summed E-state index contributed by atoms with van der Waals surface area (Å²) in [4.78, 5) is 14.5. The maximum absolute atomic E-state index is 12.3. The fourth-order valence-electron chi connectivity index (χ4n) is 2.50. The molecule has 0 unspecified atom stereocenters. The van der Waals surface area contributed by atoms with Crippen LogP contribution in [0.1, 0.15) is 39.2 Å². The third-order valence-electron chi connectivity index (χ3n) is 3.37. The van der Waals surface area contributed by atoms with Crippen molar-refractivity contribution in [2.24, 2.45) is 0 Å². The van der Waals surface area contributed by atoms with Crippen molar-refractivity contribution >= 4 is 21.9 Å². The van der Waals surface area contributed by atoms with E-state index in [-0.39, 0.29) is 12.0 Å². The van der Waals surface area contributed by atoms with Crippen LogP contribution in [0, 0.1) is 0 Å². The van der Waals surface area contributed by atoms with Crippen molar-refractivity contribution in [1.29, 1.82) is 0 Å². The molecule has 1 heterocycles. The van der Waals surface area contributed by atoms with Crippen LogP contribution >= 0.6 is 15.9 Å². The number of halogens is 1. The lowest BCUT2D eigenvalue weighted by Gasteiger charge is -2.27. The number of likely N-dealkylation sites (tertiary alicyclic amines) is 1. The van der Waals surface area contributed by atoms with Gasteiger partial charge in [-0.05, 0) is 51.8 Å². The molecule has 0 aliphatic carbocycles. The second kappa shape index (κ2) is 6.27. The molecular formula is C16H22BrNO2. The molecule has 3 nitrogen and oxygen atoms in total. The molecule has 1 atom stereocenters. The first-order valence-corrected chi connectivity index (χ1v) is 7.86. The number of rotatable bonds is 3. The zero-order valence-electron chi connectivity index (χ0n) is 12.4. The largest absolute Gasteiger partial charge is 0.459 e. The van der Waals surface area contributed by atoms with Crippen LogP contribution in [0.4, 0.5) is 0 Å². The van der Waals surface area contributed by atoms with E-state index in [2.05, 4.69) is 26.9 Å². The summed E-state index contributed by atoms with van der Waals surface area (Å²) >= 11 is 3.57. The first-order chi connectivity index (χ1) is 9.37. The van der Waals surface area contributed by atoms with Crippen LogP contribution in [0.5, 0.6) is 0 Å². The third kappa shape index (κ3) is 4.06. The number of hydrogen-bond donors (Lipinski definition) is 0. The van der Waals surface area contributed by atoms with E-state index in [4.69, 9.17) is 4.74 Å². The van der Waals surface area contributed by atoms with Gasteiger partial charge in [-0.2, -0.15) is 0 Å². The number of carbonyl (C=O) groups excluding carboxylic acids is 1. The topological polar surface area (TPSA) is 29.5 Å². The van der Waals surface area contributed by atoms with Gasteiger partial charge in [0.05, 0.1) is 0 Å². The molecule has 1 aliphatic heterocycles. The van der Waals surface area contributed by atoms with Crippen LogP contribution in [0.3, 0.4) is 0 Å². The van der Waals surface area contributed by atoms with Gasteiger partial charge in [0.2, 0.25) is 0 Å². The number of benzene rings is 1. The zero-order chi connectivity index (χ0) is 14.8. The van der Waals surface area contributed by atoms with E-state index in [1.165, 1.54) is 5.56 Å². The zero-order valence-corrected chi connectivity index (χ0v) is 13.9. The lowest BCUT2D eigenvalue weighted by Crippen LogP contribution is -2.40. The molecule has 0 N–H and O–H groups in total. The molecule has 1 aliphatic rings. The van der Waals surface area contributed by atoms with Gasteiger partial charge in [-0.25, -0.2) is 0 Å². The summed E-state index contributed by atoms with van der Waals surface area (Å²) in [7, 11) is 0. The van der Waals surface area contributed by atoms with E-state index in [9.17, 15) is 4.79 Å². The summed E-state index contributed by atoms with van der Waals surface area (Å²) in [5.74, 6) is -0.0953. The Morgan fingerprint density at radius 1 is 1.40 bits per heavy atom. The van der Waals surface area contributed by atoms with Crippen molar-refractivity contribution in [2.45, 2.75) is 51.8 Å². The molecule has 1 fully saturated rings. The standard InChI is InChI=1S/C16H22BrNO2/c1-16(2,3)20-15(19)14-9-6-10-18(14)11-12-7-4-5-8-13(12)17/h4-5,7-8,14H,6,9-11H2,1-3H3/t14-/m0/s1. The maximum atomic E-state index is 12.3. The molecule has 110 valence electrons. The maximum Gasteiger partial charge on any atom is 0.323 e. The lowest BCUT2D eigenvalue weighted by molar-refractivity contribution is -0.160. The van der Waals surface area contributed by atoms with E-state index >= 15 is 0 Å². The molecular weight excluding hydrogens is 318 g/mol. The van der Waals surface area contributed by atoms with E-state index in [0.29, 0.717) is 0 Å². The van der Waals surface area contributed by atoms with Crippen molar-refractivity contribution in [1.82, 2.24) is 4.90 Å². The van der Waals surface area contributed by atoms with Crippen molar-refractivity contribution in [3.63, 3.8) is 0 Å². The second-order valence-corrected chi connectivity index (χ2v) is 7.11. The van der Waals surface area contributed by atoms with Gasteiger partial charge in [0.25, 0.3) is 0 Å². The number of hydrogen-bond acceptors (Lipinski definition) is 3. The van der Waals surface area contributed by atoms with Crippen LogP contribution in [0.25, 0.3) is 0 Å². The highest BCUT2D eigenvalue weighted by molar-refractivity contribution is 9.10. The average Bonchev–Trinajstić information content (AvgIpc) is 2.78. The van der Waals surface area contributed by atoms with Gasteiger partial charge in [0.1, 0.15) is 11.6 Å². The highest BCUT2D eigenvalue weighted by atomic mass is 79.9. The van der Waals surface area contributed by atoms with Crippen LogP contribution in [0.15, 0.2) is 28.7 Å². The van der Waals surface area contributed by atoms with Crippen molar-refractivity contribution in [3.05, 3.63) is 34.3 Å². The summed E-state index contributed by atoms with van der Waals surface area (Å²) in [5, 5.41) is 0. The summed E-state index contributed by atoms with van der Waals surface area (Å²) in [5.41, 5.74) is 0.793. The Hall–Kier alpha value is -0.870. The molecule has 4 heteroatoms. The Morgan fingerprint density at radius 2 is 2.10 bits per heavy atom. The number of carbonyl (C=O) groups is 1. The van der Waals surface area contributed by atoms with Gasteiger partial charge >= 0.3 is 5.97 Å². The second-order valence-electron chi connectivity index (χ2n) is 6.25. The Balaban J connectivity index is 2.04. The van der Waals surface area contributed by atoms with Crippen molar-refractivity contribution in [2.75, 3.05) is 6.54 Å². The highest BCUT2D eigenvalue weighted by Gasteiger charge is 2.34. The average molecular weight is 340 g/mol.